The fourth-order valence-electron chi connectivity index (χ4n) is 1.58. The summed E-state index contributed by atoms with van der Waals surface area (Å²) in [7, 11) is 0. The van der Waals surface area contributed by atoms with Gasteiger partial charge in [0, 0.05) is 12.0 Å². The highest BCUT2D eigenvalue weighted by molar-refractivity contribution is 7.09. The summed E-state index contributed by atoms with van der Waals surface area (Å²) in [5, 5.41) is 6.44. The lowest BCUT2D eigenvalue weighted by Crippen LogP contribution is -2.16. The van der Waals surface area contributed by atoms with Crippen LogP contribution in [0.25, 0.3) is 0 Å². The highest BCUT2D eigenvalue weighted by Crippen LogP contribution is 2.21. The first kappa shape index (κ1) is 13.0. The third kappa shape index (κ3) is 2.68. The molecule has 0 aliphatic carbocycles. The minimum Gasteiger partial charge on any atom is -0.372 e. The summed E-state index contributed by atoms with van der Waals surface area (Å²) < 4.78 is 11.5. The van der Waals surface area contributed by atoms with Crippen molar-refractivity contribution in [2.45, 2.75) is 33.4 Å². The Labute approximate surface area is 108 Å². The molecule has 18 heavy (non-hydrogen) atoms. The van der Waals surface area contributed by atoms with Gasteiger partial charge in [0.1, 0.15) is 11.1 Å². The highest BCUT2D eigenvalue weighted by Gasteiger charge is 2.13. The summed E-state index contributed by atoms with van der Waals surface area (Å²) in [4.78, 5) is 15.8. The number of aromatic nitrogens is 3. The van der Waals surface area contributed by atoms with Crippen LogP contribution in [0, 0.1) is 6.92 Å². The Hall–Kier alpha value is -1.47. The number of ether oxygens (including phenoxy) is 1. The Bertz CT molecular complexity index is 572. The molecule has 0 aromatic carbocycles. The molecule has 0 aliphatic rings. The Kier molecular flexibility index (Phi) is 3.93. The molecule has 1 unspecified atom stereocenters. The lowest BCUT2D eigenvalue weighted by molar-refractivity contribution is 0.0761. The number of hydrogen-bond donors (Lipinski definition) is 0. The Morgan fingerprint density at radius 2 is 2.39 bits per heavy atom. The number of thiazole rings is 1. The van der Waals surface area contributed by atoms with Crippen molar-refractivity contribution in [1.82, 2.24) is 14.7 Å². The molecule has 98 valence electrons. The molecule has 0 bridgehead atoms. The van der Waals surface area contributed by atoms with Gasteiger partial charge in [-0.3, -0.25) is 9.09 Å². The SMILES string of the molecule is CCOC(C)c1nc(Cn2c(C)noc2=O)cs1. The fraction of sp³-hybridized carbons (Fsp3) is 0.545. The van der Waals surface area contributed by atoms with Gasteiger partial charge < -0.3 is 4.74 Å². The van der Waals surface area contributed by atoms with Gasteiger partial charge in [-0.25, -0.2) is 9.78 Å². The third-order valence-electron chi connectivity index (χ3n) is 2.52. The van der Waals surface area contributed by atoms with Crippen LogP contribution in [-0.2, 0) is 11.3 Å². The smallest absolute Gasteiger partial charge is 0.372 e. The van der Waals surface area contributed by atoms with E-state index >= 15 is 0 Å². The predicted octanol–water partition coefficient (Wildman–Crippen LogP) is 1.75. The first-order chi connectivity index (χ1) is 8.61. The average Bonchev–Trinajstić information content (AvgIpc) is 2.92. The van der Waals surface area contributed by atoms with Crippen LogP contribution in [0.15, 0.2) is 14.7 Å². The number of aryl methyl sites for hydroxylation is 1. The maximum atomic E-state index is 11.4. The van der Waals surface area contributed by atoms with Crippen molar-refractivity contribution in [1.29, 1.82) is 0 Å². The van der Waals surface area contributed by atoms with Crippen molar-refractivity contribution >= 4 is 11.3 Å². The van der Waals surface area contributed by atoms with Gasteiger partial charge in [-0.05, 0) is 20.8 Å². The summed E-state index contributed by atoms with van der Waals surface area (Å²) in [5.41, 5.74) is 0.815. The summed E-state index contributed by atoms with van der Waals surface area (Å²) in [6.45, 7) is 6.67. The third-order valence-corrected chi connectivity index (χ3v) is 3.58. The minimum absolute atomic E-state index is 0.0194. The zero-order chi connectivity index (χ0) is 13.1. The first-order valence-electron chi connectivity index (χ1n) is 5.70. The topological polar surface area (TPSA) is 70.2 Å². The number of rotatable bonds is 5. The zero-order valence-electron chi connectivity index (χ0n) is 10.5. The molecule has 1 atom stereocenters. The molecule has 0 radical (unpaired) electrons. The highest BCUT2D eigenvalue weighted by atomic mass is 32.1. The Morgan fingerprint density at radius 3 is 3.00 bits per heavy atom. The molecular formula is C11H15N3O3S. The van der Waals surface area contributed by atoms with E-state index in [9.17, 15) is 4.79 Å². The van der Waals surface area contributed by atoms with Crippen LogP contribution in [0.1, 0.15) is 36.5 Å². The summed E-state index contributed by atoms with van der Waals surface area (Å²) in [6.07, 6.45) is -0.0194. The maximum absolute atomic E-state index is 11.4. The zero-order valence-corrected chi connectivity index (χ0v) is 11.4. The van der Waals surface area contributed by atoms with Crippen molar-refractivity contribution in [2.24, 2.45) is 0 Å². The molecule has 0 amide bonds. The molecule has 2 aromatic rings. The molecule has 2 heterocycles. The lowest BCUT2D eigenvalue weighted by atomic mass is 10.4. The molecule has 2 aromatic heterocycles. The van der Waals surface area contributed by atoms with Crippen LogP contribution in [0.5, 0.6) is 0 Å². The standard InChI is InChI=1S/C11H15N3O3S/c1-4-16-7(2)10-12-9(6-18-10)5-14-8(3)13-17-11(14)15/h6-7H,4-5H2,1-3H3. The van der Waals surface area contributed by atoms with Crippen LogP contribution in [0.3, 0.4) is 0 Å². The second-order valence-corrected chi connectivity index (χ2v) is 4.75. The van der Waals surface area contributed by atoms with Crippen LogP contribution in [-0.4, -0.2) is 21.3 Å². The second kappa shape index (κ2) is 5.45. The van der Waals surface area contributed by atoms with E-state index in [4.69, 9.17) is 4.74 Å². The molecule has 0 saturated carbocycles. The largest absolute Gasteiger partial charge is 0.441 e. The van der Waals surface area contributed by atoms with Crippen molar-refractivity contribution in [3.8, 4) is 0 Å². The Balaban J connectivity index is 2.14. The van der Waals surface area contributed by atoms with Crippen molar-refractivity contribution in [3.05, 3.63) is 32.5 Å². The molecule has 6 nitrogen and oxygen atoms in total. The van der Waals surface area contributed by atoms with Crippen LogP contribution in [0.2, 0.25) is 0 Å². The van der Waals surface area contributed by atoms with Gasteiger partial charge in [0.05, 0.1) is 12.2 Å². The molecule has 0 N–H and O–H groups in total. The van der Waals surface area contributed by atoms with Gasteiger partial charge in [-0.2, -0.15) is 0 Å². The molecule has 0 saturated heterocycles. The van der Waals surface area contributed by atoms with Gasteiger partial charge in [0.25, 0.3) is 0 Å². The van der Waals surface area contributed by atoms with Crippen LogP contribution in [0.4, 0.5) is 0 Å². The second-order valence-electron chi connectivity index (χ2n) is 3.86. The fourth-order valence-corrected chi connectivity index (χ4v) is 2.39. The summed E-state index contributed by atoms with van der Waals surface area (Å²) >= 11 is 1.53. The number of nitrogens with zero attached hydrogens (tertiary/aromatic N) is 3. The van der Waals surface area contributed by atoms with Gasteiger partial charge in [0.2, 0.25) is 0 Å². The van der Waals surface area contributed by atoms with E-state index in [1.54, 1.807) is 6.92 Å². The lowest BCUT2D eigenvalue weighted by Gasteiger charge is -2.06. The molecule has 0 fully saturated rings. The normalized spacial score (nSPS) is 12.8. The average molecular weight is 269 g/mol. The van der Waals surface area contributed by atoms with Crippen molar-refractivity contribution in [3.63, 3.8) is 0 Å². The molecule has 2 rings (SSSR count). The summed E-state index contributed by atoms with van der Waals surface area (Å²) in [5.74, 6) is 0.0901. The molecule has 0 spiro atoms. The Morgan fingerprint density at radius 1 is 1.61 bits per heavy atom. The van der Waals surface area contributed by atoms with Crippen molar-refractivity contribution in [2.75, 3.05) is 6.61 Å². The minimum atomic E-state index is -0.458. The molecule has 7 heteroatoms. The van der Waals surface area contributed by atoms with Gasteiger partial charge in [-0.1, -0.05) is 5.16 Å². The first-order valence-corrected chi connectivity index (χ1v) is 6.58. The van der Waals surface area contributed by atoms with E-state index in [-0.39, 0.29) is 6.10 Å². The van der Waals surface area contributed by atoms with Crippen LogP contribution < -0.4 is 5.76 Å². The quantitative estimate of drug-likeness (QED) is 0.827. The van der Waals surface area contributed by atoms with Gasteiger partial charge >= 0.3 is 5.76 Å². The van der Waals surface area contributed by atoms with E-state index < -0.39 is 5.76 Å². The molecular weight excluding hydrogens is 254 g/mol. The number of hydrogen-bond acceptors (Lipinski definition) is 6. The van der Waals surface area contributed by atoms with E-state index in [1.165, 1.54) is 15.9 Å². The van der Waals surface area contributed by atoms with E-state index in [2.05, 4.69) is 14.7 Å². The molecule has 0 aliphatic heterocycles. The van der Waals surface area contributed by atoms with E-state index in [1.807, 2.05) is 19.2 Å². The van der Waals surface area contributed by atoms with Gasteiger partial charge in [0.15, 0.2) is 5.82 Å². The van der Waals surface area contributed by atoms with Gasteiger partial charge in [-0.15, -0.1) is 11.3 Å². The van der Waals surface area contributed by atoms with Crippen LogP contribution >= 0.6 is 11.3 Å². The van der Waals surface area contributed by atoms with Crippen molar-refractivity contribution < 1.29 is 9.26 Å². The predicted molar refractivity (Wildman–Crippen MR) is 66.8 cm³/mol. The summed E-state index contributed by atoms with van der Waals surface area (Å²) in [6, 6.07) is 0. The monoisotopic (exact) mass is 269 g/mol. The maximum Gasteiger partial charge on any atom is 0.441 e. The van der Waals surface area contributed by atoms with E-state index in [0.717, 1.165) is 10.7 Å². The van der Waals surface area contributed by atoms with E-state index in [0.29, 0.717) is 19.0 Å².